The summed E-state index contributed by atoms with van der Waals surface area (Å²) in [5.74, 6) is 0.296. The molecule has 0 aliphatic heterocycles. The second kappa shape index (κ2) is 6.21. The Morgan fingerprint density at radius 3 is 2.62 bits per heavy atom. The van der Waals surface area contributed by atoms with Gasteiger partial charge in [0.25, 0.3) is 0 Å². The van der Waals surface area contributed by atoms with E-state index >= 15 is 0 Å². The van der Waals surface area contributed by atoms with Gasteiger partial charge in [-0.1, -0.05) is 37.9 Å². The van der Waals surface area contributed by atoms with Gasteiger partial charge in [-0.2, -0.15) is 0 Å². The monoisotopic (exact) mass is 243 g/mol. The van der Waals surface area contributed by atoms with E-state index < -0.39 is 0 Å². The van der Waals surface area contributed by atoms with Crippen LogP contribution in [0.2, 0.25) is 5.02 Å². The zero-order valence-electron chi connectivity index (χ0n) is 10.1. The van der Waals surface area contributed by atoms with Crippen molar-refractivity contribution in [3.8, 4) is 0 Å². The maximum Gasteiger partial charge on any atom is 0.124 e. The summed E-state index contributed by atoms with van der Waals surface area (Å²) in [4.78, 5) is 0. The van der Waals surface area contributed by atoms with E-state index in [1.807, 2.05) is 7.05 Å². The molecule has 1 rings (SSSR count). The first-order valence-electron chi connectivity index (χ1n) is 5.69. The fourth-order valence-corrected chi connectivity index (χ4v) is 2.04. The average Bonchev–Trinajstić information content (AvgIpc) is 2.27. The Balaban J connectivity index is 2.78. The van der Waals surface area contributed by atoms with Gasteiger partial charge in [0, 0.05) is 11.1 Å². The number of hydrogen-bond donors (Lipinski definition) is 1. The van der Waals surface area contributed by atoms with Crippen LogP contribution in [0.3, 0.4) is 0 Å². The predicted octanol–water partition coefficient (Wildman–Crippen LogP) is 3.66. The summed E-state index contributed by atoms with van der Waals surface area (Å²) in [6, 6.07) is 4.99. The Kier molecular flexibility index (Phi) is 5.23. The molecule has 90 valence electrons. The lowest BCUT2D eigenvalue weighted by molar-refractivity contribution is 0.386. The molecule has 0 aromatic heterocycles. The average molecular weight is 244 g/mol. The van der Waals surface area contributed by atoms with Gasteiger partial charge in [-0.3, -0.25) is 0 Å². The number of nitrogens with one attached hydrogen (secondary N) is 1. The van der Waals surface area contributed by atoms with Gasteiger partial charge >= 0.3 is 0 Å². The van der Waals surface area contributed by atoms with Crippen molar-refractivity contribution in [2.24, 2.45) is 5.92 Å². The molecule has 0 radical (unpaired) electrons. The molecule has 1 aromatic rings. The standard InChI is InChI=1S/C13H19ClFN/c1-4-9(2)13(16-3)7-10-5-6-11(15)8-12(10)14/h5-6,8-9,13,16H,4,7H2,1-3H3. The van der Waals surface area contributed by atoms with Crippen molar-refractivity contribution in [1.82, 2.24) is 5.32 Å². The van der Waals surface area contributed by atoms with E-state index in [1.165, 1.54) is 12.1 Å². The van der Waals surface area contributed by atoms with Crippen LogP contribution in [0.1, 0.15) is 25.8 Å². The molecule has 0 heterocycles. The molecule has 0 amide bonds. The number of halogens is 2. The topological polar surface area (TPSA) is 12.0 Å². The summed E-state index contributed by atoms with van der Waals surface area (Å²) >= 11 is 6.01. The van der Waals surface area contributed by atoms with Crippen LogP contribution in [0.5, 0.6) is 0 Å². The molecule has 0 saturated carbocycles. The summed E-state index contributed by atoms with van der Waals surface area (Å²) in [5, 5.41) is 3.81. The van der Waals surface area contributed by atoms with Crippen molar-refractivity contribution < 1.29 is 4.39 Å². The molecule has 1 N–H and O–H groups in total. The summed E-state index contributed by atoms with van der Waals surface area (Å²) in [5.41, 5.74) is 1.00. The molecule has 3 heteroatoms. The van der Waals surface area contributed by atoms with Crippen LogP contribution in [0.4, 0.5) is 4.39 Å². The summed E-state index contributed by atoms with van der Waals surface area (Å²) in [6.07, 6.45) is 1.95. The molecule has 1 aromatic carbocycles. The minimum absolute atomic E-state index is 0.279. The Morgan fingerprint density at radius 1 is 1.44 bits per heavy atom. The second-order valence-electron chi connectivity index (χ2n) is 4.22. The largest absolute Gasteiger partial charge is 0.316 e. The highest BCUT2D eigenvalue weighted by Crippen LogP contribution is 2.21. The molecule has 0 saturated heterocycles. The number of benzene rings is 1. The lowest BCUT2D eigenvalue weighted by Gasteiger charge is -2.23. The van der Waals surface area contributed by atoms with E-state index in [-0.39, 0.29) is 5.82 Å². The van der Waals surface area contributed by atoms with E-state index in [1.54, 1.807) is 6.07 Å². The molecule has 16 heavy (non-hydrogen) atoms. The van der Waals surface area contributed by atoms with E-state index in [0.29, 0.717) is 17.0 Å². The molecule has 2 atom stereocenters. The number of rotatable bonds is 5. The maximum absolute atomic E-state index is 12.9. The van der Waals surface area contributed by atoms with Crippen molar-refractivity contribution in [1.29, 1.82) is 0 Å². The van der Waals surface area contributed by atoms with Crippen LogP contribution < -0.4 is 5.32 Å². The van der Waals surface area contributed by atoms with E-state index in [0.717, 1.165) is 18.4 Å². The normalized spacial score (nSPS) is 14.8. The summed E-state index contributed by atoms with van der Waals surface area (Å²) in [7, 11) is 1.95. The summed E-state index contributed by atoms with van der Waals surface area (Å²) < 4.78 is 12.9. The number of likely N-dealkylation sites (N-methyl/N-ethyl adjacent to an activating group) is 1. The van der Waals surface area contributed by atoms with Gasteiger partial charge < -0.3 is 5.32 Å². The molecule has 0 aliphatic carbocycles. The highest BCUT2D eigenvalue weighted by Gasteiger charge is 2.15. The number of hydrogen-bond acceptors (Lipinski definition) is 1. The van der Waals surface area contributed by atoms with Gasteiger partial charge in [0.1, 0.15) is 5.82 Å². The van der Waals surface area contributed by atoms with Gasteiger partial charge in [0.15, 0.2) is 0 Å². The lowest BCUT2D eigenvalue weighted by atomic mass is 9.93. The van der Waals surface area contributed by atoms with Crippen LogP contribution in [0.15, 0.2) is 18.2 Å². The fourth-order valence-electron chi connectivity index (χ4n) is 1.80. The first-order chi connectivity index (χ1) is 7.58. The predicted molar refractivity (Wildman–Crippen MR) is 67.4 cm³/mol. The first kappa shape index (κ1) is 13.5. The van der Waals surface area contributed by atoms with Crippen LogP contribution in [0, 0.1) is 11.7 Å². The Labute approximate surface area is 102 Å². The third-order valence-electron chi connectivity index (χ3n) is 3.16. The van der Waals surface area contributed by atoms with Gasteiger partial charge in [0.2, 0.25) is 0 Å². The molecule has 0 fully saturated rings. The van der Waals surface area contributed by atoms with E-state index in [9.17, 15) is 4.39 Å². The Hall–Kier alpha value is -0.600. The molecule has 1 nitrogen and oxygen atoms in total. The van der Waals surface area contributed by atoms with Gasteiger partial charge in [0.05, 0.1) is 0 Å². The fraction of sp³-hybridized carbons (Fsp3) is 0.538. The minimum atomic E-state index is -0.279. The van der Waals surface area contributed by atoms with Gasteiger partial charge in [-0.05, 0) is 37.1 Å². The van der Waals surface area contributed by atoms with Crippen molar-refractivity contribution in [3.05, 3.63) is 34.6 Å². The lowest BCUT2D eigenvalue weighted by Crippen LogP contribution is -2.33. The molecule has 2 unspecified atom stereocenters. The third-order valence-corrected chi connectivity index (χ3v) is 3.51. The van der Waals surface area contributed by atoms with Crippen LogP contribution in [-0.4, -0.2) is 13.1 Å². The second-order valence-corrected chi connectivity index (χ2v) is 4.63. The Bertz CT molecular complexity index is 341. The molecule has 0 spiro atoms. The zero-order chi connectivity index (χ0) is 12.1. The quantitative estimate of drug-likeness (QED) is 0.832. The van der Waals surface area contributed by atoms with Crippen molar-refractivity contribution >= 4 is 11.6 Å². The maximum atomic E-state index is 12.9. The first-order valence-corrected chi connectivity index (χ1v) is 6.07. The molecule has 0 aliphatic rings. The van der Waals surface area contributed by atoms with Crippen LogP contribution >= 0.6 is 11.6 Å². The van der Waals surface area contributed by atoms with Crippen molar-refractivity contribution in [2.45, 2.75) is 32.7 Å². The van der Waals surface area contributed by atoms with Gasteiger partial charge in [-0.25, -0.2) is 4.39 Å². The Morgan fingerprint density at radius 2 is 2.12 bits per heavy atom. The van der Waals surface area contributed by atoms with Gasteiger partial charge in [-0.15, -0.1) is 0 Å². The highest BCUT2D eigenvalue weighted by atomic mass is 35.5. The molecular weight excluding hydrogens is 225 g/mol. The van der Waals surface area contributed by atoms with Crippen molar-refractivity contribution in [3.63, 3.8) is 0 Å². The van der Waals surface area contributed by atoms with Crippen molar-refractivity contribution in [2.75, 3.05) is 7.05 Å². The highest BCUT2D eigenvalue weighted by molar-refractivity contribution is 6.31. The van der Waals surface area contributed by atoms with Crippen LogP contribution in [0.25, 0.3) is 0 Å². The third kappa shape index (κ3) is 3.46. The SMILES string of the molecule is CCC(C)C(Cc1ccc(F)cc1Cl)NC. The molecule has 0 bridgehead atoms. The minimum Gasteiger partial charge on any atom is -0.316 e. The molecular formula is C13H19ClFN. The smallest absolute Gasteiger partial charge is 0.124 e. The summed E-state index contributed by atoms with van der Waals surface area (Å²) in [6.45, 7) is 4.37. The van der Waals surface area contributed by atoms with E-state index in [2.05, 4.69) is 19.2 Å². The van der Waals surface area contributed by atoms with Crippen LogP contribution in [-0.2, 0) is 6.42 Å². The van der Waals surface area contributed by atoms with E-state index in [4.69, 9.17) is 11.6 Å². The zero-order valence-corrected chi connectivity index (χ0v) is 10.8.